The fourth-order valence-electron chi connectivity index (χ4n) is 2.65. The van der Waals surface area contributed by atoms with Crippen LogP contribution in [-0.4, -0.2) is 45.6 Å². The second-order valence-corrected chi connectivity index (χ2v) is 5.48. The van der Waals surface area contributed by atoms with Crippen molar-refractivity contribution in [2.45, 2.75) is 44.9 Å². The minimum Gasteiger partial charge on any atom is -0.350 e. The van der Waals surface area contributed by atoms with Crippen LogP contribution in [0.15, 0.2) is 6.07 Å². The number of carbonyl (C=O) groups excluding carboxylic acids is 1. The third kappa shape index (κ3) is 4.09. The highest BCUT2D eigenvalue weighted by atomic mass is 19.4. The fourth-order valence-corrected chi connectivity index (χ4v) is 2.65. The van der Waals surface area contributed by atoms with Gasteiger partial charge in [0, 0.05) is 25.2 Å². The summed E-state index contributed by atoms with van der Waals surface area (Å²) in [6.07, 6.45) is -4.39. The number of rotatable bonds is 2. The van der Waals surface area contributed by atoms with Gasteiger partial charge in [0.25, 0.3) is 0 Å². The SMILES string of the molecule is CC(=O)N1C[C@@H](Nc2nc(C)cc(C#N)n2)CC[C@@H]1C(F)(F)F. The van der Waals surface area contributed by atoms with E-state index in [4.69, 9.17) is 5.26 Å². The minimum atomic E-state index is -4.44. The molecule has 0 aromatic carbocycles. The van der Waals surface area contributed by atoms with Crippen LogP contribution in [0.2, 0.25) is 0 Å². The Labute approximate surface area is 131 Å². The quantitative estimate of drug-likeness (QED) is 0.898. The van der Waals surface area contributed by atoms with Gasteiger partial charge in [-0.2, -0.15) is 18.4 Å². The van der Waals surface area contributed by atoms with Gasteiger partial charge in [-0.3, -0.25) is 4.79 Å². The number of aromatic nitrogens is 2. The van der Waals surface area contributed by atoms with Crippen LogP contribution in [0.1, 0.15) is 31.2 Å². The summed E-state index contributed by atoms with van der Waals surface area (Å²) >= 11 is 0. The van der Waals surface area contributed by atoms with Crippen LogP contribution >= 0.6 is 0 Å². The smallest absolute Gasteiger partial charge is 0.350 e. The van der Waals surface area contributed by atoms with E-state index >= 15 is 0 Å². The molecule has 2 rings (SSSR count). The van der Waals surface area contributed by atoms with E-state index in [1.807, 2.05) is 6.07 Å². The Morgan fingerprint density at radius 1 is 1.43 bits per heavy atom. The number of hydrogen-bond acceptors (Lipinski definition) is 5. The predicted molar refractivity (Wildman–Crippen MR) is 75.4 cm³/mol. The van der Waals surface area contributed by atoms with Gasteiger partial charge in [0.1, 0.15) is 17.8 Å². The van der Waals surface area contributed by atoms with Crippen molar-refractivity contribution in [1.82, 2.24) is 14.9 Å². The van der Waals surface area contributed by atoms with Gasteiger partial charge in [0.15, 0.2) is 0 Å². The number of piperidine rings is 1. The Morgan fingerprint density at radius 3 is 2.70 bits per heavy atom. The maximum Gasteiger partial charge on any atom is 0.408 e. The van der Waals surface area contributed by atoms with Gasteiger partial charge in [-0.15, -0.1) is 0 Å². The molecule has 0 saturated carbocycles. The molecule has 9 heteroatoms. The highest BCUT2D eigenvalue weighted by Crippen LogP contribution is 2.32. The lowest BCUT2D eigenvalue weighted by Crippen LogP contribution is -2.55. The molecule has 0 aliphatic carbocycles. The number of amides is 1. The Kier molecular flexibility index (Phi) is 4.73. The molecular weight excluding hydrogens is 311 g/mol. The molecule has 0 spiro atoms. The summed E-state index contributed by atoms with van der Waals surface area (Å²) in [6.45, 7) is 2.73. The summed E-state index contributed by atoms with van der Waals surface area (Å²) in [4.78, 5) is 20.4. The minimum absolute atomic E-state index is 0.0846. The molecule has 0 bridgehead atoms. The van der Waals surface area contributed by atoms with Gasteiger partial charge >= 0.3 is 6.18 Å². The molecule has 0 radical (unpaired) electrons. The topological polar surface area (TPSA) is 81.9 Å². The summed E-state index contributed by atoms with van der Waals surface area (Å²) in [5.74, 6) is -0.442. The highest BCUT2D eigenvalue weighted by molar-refractivity contribution is 5.74. The van der Waals surface area contributed by atoms with Crippen molar-refractivity contribution in [2.75, 3.05) is 11.9 Å². The number of alkyl halides is 3. The van der Waals surface area contributed by atoms with E-state index in [0.29, 0.717) is 5.69 Å². The van der Waals surface area contributed by atoms with E-state index in [-0.39, 0.29) is 31.0 Å². The summed E-state index contributed by atoms with van der Waals surface area (Å²) in [5, 5.41) is 11.8. The van der Waals surface area contributed by atoms with E-state index in [0.717, 1.165) is 11.8 Å². The molecule has 0 unspecified atom stereocenters. The summed E-state index contributed by atoms with van der Waals surface area (Å²) < 4.78 is 38.9. The molecule has 124 valence electrons. The lowest BCUT2D eigenvalue weighted by molar-refractivity contribution is -0.195. The van der Waals surface area contributed by atoms with Gasteiger partial charge in [-0.05, 0) is 25.8 Å². The zero-order valence-corrected chi connectivity index (χ0v) is 12.7. The number of nitrogens with one attached hydrogen (secondary N) is 1. The number of hydrogen-bond donors (Lipinski definition) is 1. The van der Waals surface area contributed by atoms with Gasteiger partial charge in [-0.1, -0.05) is 0 Å². The third-order valence-electron chi connectivity index (χ3n) is 3.67. The van der Waals surface area contributed by atoms with E-state index in [2.05, 4.69) is 15.3 Å². The molecular formula is C14H16F3N5O. The molecule has 1 amide bonds. The molecule has 2 atom stereocenters. The summed E-state index contributed by atoms with van der Waals surface area (Å²) in [5.41, 5.74) is 0.749. The monoisotopic (exact) mass is 327 g/mol. The van der Waals surface area contributed by atoms with Crippen molar-refractivity contribution in [3.05, 3.63) is 17.5 Å². The van der Waals surface area contributed by atoms with Crippen LogP contribution in [0.25, 0.3) is 0 Å². The summed E-state index contributed by atoms with van der Waals surface area (Å²) in [7, 11) is 0. The predicted octanol–water partition coefficient (Wildman–Crippen LogP) is 2.01. The molecule has 1 N–H and O–H groups in total. The van der Waals surface area contributed by atoms with Crippen molar-refractivity contribution in [3.8, 4) is 6.07 Å². The Morgan fingerprint density at radius 2 is 2.13 bits per heavy atom. The first-order valence-electron chi connectivity index (χ1n) is 7.07. The van der Waals surface area contributed by atoms with Crippen molar-refractivity contribution < 1.29 is 18.0 Å². The Bertz CT molecular complexity index is 640. The Balaban J connectivity index is 2.13. The molecule has 1 fully saturated rings. The first kappa shape index (κ1) is 17.0. The van der Waals surface area contributed by atoms with Gasteiger partial charge in [0.05, 0.1) is 0 Å². The average molecular weight is 327 g/mol. The largest absolute Gasteiger partial charge is 0.408 e. The molecule has 1 saturated heterocycles. The number of likely N-dealkylation sites (tertiary alicyclic amines) is 1. The van der Waals surface area contributed by atoms with Crippen LogP contribution in [0.3, 0.4) is 0 Å². The fraction of sp³-hybridized carbons (Fsp3) is 0.571. The zero-order chi connectivity index (χ0) is 17.2. The van der Waals surface area contributed by atoms with Gasteiger partial charge in [-0.25, -0.2) is 9.97 Å². The highest BCUT2D eigenvalue weighted by Gasteiger charge is 2.47. The van der Waals surface area contributed by atoms with Gasteiger partial charge in [0.2, 0.25) is 11.9 Å². The lowest BCUT2D eigenvalue weighted by atomic mass is 9.97. The normalized spacial score (nSPS) is 21.7. The van der Waals surface area contributed by atoms with Crippen LogP contribution < -0.4 is 5.32 Å². The number of anilines is 1. The number of nitriles is 1. The Hall–Kier alpha value is -2.37. The number of halogens is 3. The van der Waals surface area contributed by atoms with Crippen molar-refractivity contribution >= 4 is 11.9 Å². The van der Waals surface area contributed by atoms with Crippen LogP contribution in [0.5, 0.6) is 0 Å². The first-order chi connectivity index (χ1) is 10.7. The second-order valence-electron chi connectivity index (χ2n) is 5.48. The summed E-state index contributed by atoms with van der Waals surface area (Å²) in [6, 6.07) is 1.25. The van der Waals surface area contributed by atoms with E-state index in [1.54, 1.807) is 6.92 Å². The van der Waals surface area contributed by atoms with Crippen LogP contribution in [0, 0.1) is 18.3 Å². The first-order valence-corrected chi connectivity index (χ1v) is 7.07. The molecule has 23 heavy (non-hydrogen) atoms. The molecule has 1 aliphatic rings. The number of aryl methyl sites for hydroxylation is 1. The number of nitrogens with zero attached hydrogens (tertiary/aromatic N) is 4. The molecule has 6 nitrogen and oxygen atoms in total. The lowest BCUT2D eigenvalue weighted by Gasteiger charge is -2.40. The second kappa shape index (κ2) is 6.40. The van der Waals surface area contributed by atoms with Gasteiger partial charge < -0.3 is 10.2 Å². The van der Waals surface area contributed by atoms with Crippen LogP contribution in [-0.2, 0) is 4.79 Å². The van der Waals surface area contributed by atoms with E-state index in [1.165, 1.54) is 6.07 Å². The number of carbonyl (C=O) groups is 1. The maximum absolute atomic E-state index is 13.0. The zero-order valence-electron chi connectivity index (χ0n) is 12.7. The molecule has 1 aliphatic heterocycles. The molecule has 1 aromatic rings. The average Bonchev–Trinajstić information content (AvgIpc) is 2.45. The van der Waals surface area contributed by atoms with Crippen molar-refractivity contribution in [1.29, 1.82) is 5.26 Å². The van der Waals surface area contributed by atoms with E-state index in [9.17, 15) is 18.0 Å². The molecule has 1 aromatic heterocycles. The standard InChI is InChI=1S/C14H16F3N5O/c1-8-5-11(6-18)21-13(19-8)20-10-3-4-12(14(15,16)17)22(7-10)9(2)23/h5,10,12H,3-4,7H2,1-2H3,(H,19,20,21)/t10-,12+/m0/s1. The van der Waals surface area contributed by atoms with Crippen molar-refractivity contribution in [2.24, 2.45) is 0 Å². The maximum atomic E-state index is 13.0. The van der Waals surface area contributed by atoms with Crippen LogP contribution in [0.4, 0.5) is 19.1 Å². The third-order valence-corrected chi connectivity index (χ3v) is 3.67. The molecule has 2 heterocycles. The van der Waals surface area contributed by atoms with E-state index < -0.39 is 24.2 Å². The van der Waals surface area contributed by atoms with Crippen molar-refractivity contribution in [3.63, 3.8) is 0 Å².